The molecule has 0 atom stereocenters. The Labute approximate surface area is 96.4 Å². The zero-order chi connectivity index (χ0) is 11.2. The minimum atomic E-state index is 0.284. The number of hydrogen-bond donors (Lipinski definition) is 0. The van der Waals surface area contributed by atoms with Gasteiger partial charge in [-0.05, 0) is 37.8 Å². The van der Waals surface area contributed by atoms with Crippen molar-refractivity contribution in [3.05, 3.63) is 41.7 Å². The number of ketones is 1. The topological polar surface area (TPSA) is 30.0 Å². The summed E-state index contributed by atoms with van der Waals surface area (Å²) < 4.78 is 0. The molecule has 0 N–H and O–H groups in total. The maximum Gasteiger partial charge on any atom is 0.142 e. The van der Waals surface area contributed by atoms with Crippen LogP contribution in [0.1, 0.15) is 37.8 Å². The minimum absolute atomic E-state index is 0.284. The molecule has 0 saturated carbocycles. The van der Waals surface area contributed by atoms with Crippen molar-refractivity contribution in [2.75, 3.05) is 0 Å². The number of rotatable bonds is 4. The standard InChI is InChI=1S/C14H17NO/c16-14(10-12-6-2-1-3-7-12)11-13-8-4-5-9-15-13/h4-6,8-9H,1-3,7,10-11H2. The van der Waals surface area contributed by atoms with E-state index in [1.807, 2.05) is 18.2 Å². The third-order valence-electron chi connectivity index (χ3n) is 2.91. The van der Waals surface area contributed by atoms with Gasteiger partial charge in [0.15, 0.2) is 0 Å². The van der Waals surface area contributed by atoms with Gasteiger partial charge >= 0.3 is 0 Å². The number of aromatic nitrogens is 1. The summed E-state index contributed by atoms with van der Waals surface area (Å²) in [6.07, 6.45) is 9.83. The van der Waals surface area contributed by atoms with Crippen LogP contribution in [0.15, 0.2) is 36.0 Å². The van der Waals surface area contributed by atoms with Gasteiger partial charge in [-0.15, -0.1) is 0 Å². The molecule has 1 aromatic rings. The Morgan fingerprint density at radius 2 is 2.19 bits per heavy atom. The van der Waals surface area contributed by atoms with Gasteiger partial charge in [0.25, 0.3) is 0 Å². The Morgan fingerprint density at radius 1 is 1.25 bits per heavy atom. The van der Waals surface area contributed by atoms with Crippen LogP contribution >= 0.6 is 0 Å². The molecule has 0 saturated heterocycles. The number of carbonyl (C=O) groups is 1. The van der Waals surface area contributed by atoms with E-state index in [9.17, 15) is 4.79 Å². The van der Waals surface area contributed by atoms with Crippen LogP contribution in [0.5, 0.6) is 0 Å². The number of pyridine rings is 1. The summed E-state index contributed by atoms with van der Waals surface area (Å²) in [6, 6.07) is 5.71. The molecular weight excluding hydrogens is 198 g/mol. The second kappa shape index (κ2) is 5.59. The van der Waals surface area contributed by atoms with Gasteiger partial charge in [0, 0.05) is 24.7 Å². The first-order valence-electron chi connectivity index (χ1n) is 5.94. The number of nitrogens with zero attached hydrogens (tertiary/aromatic N) is 1. The van der Waals surface area contributed by atoms with E-state index in [1.165, 1.54) is 18.4 Å². The van der Waals surface area contributed by atoms with Crippen molar-refractivity contribution >= 4 is 5.78 Å². The molecule has 1 aliphatic rings. The van der Waals surface area contributed by atoms with Crippen LogP contribution in [0.3, 0.4) is 0 Å². The van der Waals surface area contributed by atoms with Gasteiger partial charge in [0.2, 0.25) is 0 Å². The molecule has 0 fully saturated rings. The van der Waals surface area contributed by atoms with Crippen molar-refractivity contribution in [1.29, 1.82) is 0 Å². The van der Waals surface area contributed by atoms with Gasteiger partial charge in [0.1, 0.15) is 5.78 Å². The molecule has 84 valence electrons. The zero-order valence-corrected chi connectivity index (χ0v) is 9.48. The van der Waals surface area contributed by atoms with E-state index < -0.39 is 0 Å². The highest BCUT2D eigenvalue weighted by molar-refractivity contribution is 5.82. The largest absolute Gasteiger partial charge is 0.299 e. The fourth-order valence-corrected chi connectivity index (χ4v) is 2.09. The Kier molecular flexibility index (Phi) is 3.86. The average molecular weight is 215 g/mol. The van der Waals surface area contributed by atoms with Crippen LogP contribution in [0, 0.1) is 0 Å². The fraction of sp³-hybridized carbons (Fsp3) is 0.429. The molecule has 1 aliphatic carbocycles. The lowest BCUT2D eigenvalue weighted by molar-refractivity contribution is -0.117. The molecule has 0 bridgehead atoms. The maximum absolute atomic E-state index is 11.8. The van der Waals surface area contributed by atoms with Crippen molar-refractivity contribution in [1.82, 2.24) is 4.98 Å². The van der Waals surface area contributed by atoms with Gasteiger partial charge in [-0.25, -0.2) is 0 Å². The van der Waals surface area contributed by atoms with Gasteiger partial charge in [0.05, 0.1) is 0 Å². The van der Waals surface area contributed by atoms with Crippen LogP contribution < -0.4 is 0 Å². The number of hydrogen-bond acceptors (Lipinski definition) is 2. The molecule has 2 rings (SSSR count). The van der Waals surface area contributed by atoms with Gasteiger partial charge in [-0.1, -0.05) is 17.7 Å². The van der Waals surface area contributed by atoms with Crippen molar-refractivity contribution < 1.29 is 4.79 Å². The van der Waals surface area contributed by atoms with E-state index >= 15 is 0 Å². The molecule has 1 aromatic heterocycles. The first kappa shape index (κ1) is 11.1. The Morgan fingerprint density at radius 3 is 2.88 bits per heavy atom. The quantitative estimate of drug-likeness (QED) is 0.722. The molecule has 0 radical (unpaired) electrons. The number of Topliss-reactive ketones (excluding diaryl/α,β-unsaturated/α-hetero) is 1. The van der Waals surface area contributed by atoms with Gasteiger partial charge in [-0.2, -0.15) is 0 Å². The van der Waals surface area contributed by atoms with E-state index in [1.54, 1.807) is 6.20 Å². The average Bonchev–Trinajstić information content (AvgIpc) is 2.31. The Hall–Kier alpha value is -1.44. The third-order valence-corrected chi connectivity index (χ3v) is 2.91. The van der Waals surface area contributed by atoms with E-state index in [0.717, 1.165) is 18.5 Å². The van der Waals surface area contributed by atoms with Gasteiger partial charge in [-0.3, -0.25) is 9.78 Å². The van der Waals surface area contributed by atoms with Crippen LogP contribution in [-0.2, 0) is 11.2 Å². The summed E-state index contributed by atoms with van der Waals surface area (Å²) in [6.45, 7) is 0. The molecule has 2 heteroatoms. The predicted molar refractivity (Wildman–Crippen MR) is 64.1 cm³/mol. The second-order valence-electron chi connectivity index (χ2n) is 4.32. The Bertz CT molecular complexity index is 381. The first-order chi connectivity index (χ1) is 7.84. The van der Waals surface area contributed by atoms with Crippen molar-refractivity contribution in [3.8, 4) is 0 Å². The summed E-state index contributed by atoms with van der Waals surface area (Å²) in [4.78, 5) is 16.0. The zero-order valence-electron chi connectivity index (χ0n) is 9.48. The van der Waals surface area contributed by atoms with Crippen LogP contribution in [0.4, 0.5) is 0 Å². The van der Waals surface area contributed by atoms with Crippen LogP contribution in [0.25, 0.3) is 0 Å². The highest BCUT2D eigenvalue weighted by Crippen LogP contribution is 2.20. The molecule has 0 aromatic carbocycles. The number of allylic oxidation sites excluding steroid dienone is 2. The lowest BCUT2D eigenvalue weighted by Crippen LogP contribution is -2.06. The predicted octanol–water partition coefficient (Wildman–Crippen LogP) is 3.08. The maximum atomic E-state index is 11.8. The molecule has 0 unspecified atom stereocenters. The molecule has 0 amide bonds. The number of carbonyl (C=O) groups excluding carboxylic acids is 1. The second-order valence-corrected chi connectivity index (χ2v) is 4.32. The van der Waals surface area contributed by atoms with Crippen LogP contribution in [-0.4, -0.2) is 10.8 Å². The molecular formula is C14H17NO. The lowest BCUT2D eigenvalue weighted by Gasteiger charge is -2.11. The molecule has 0 aliphatic heterocycles. The van der Waals surface area contributed by atoms with Crippen molar-refractivity contribution in [2.24, 2.45) is 0 Å². The molecule has 16 heavy (non-hydrogen) atoms. The normalized spacial score (nSPS) is 15.6. The van der Waals surface area contributed by atoms with Crippen LogP contribution in [0.2, 0.25) is 0 Å². The van der Waals surface area contributed by atoms with Gasteiger partial charge < -0.3 is 0 Å². The van der Waals surface area contributed by atoms with E-state index in [4.69, 9.17) is 0 Å². The Balaban J connectivity index is 1.87. The van der Waals surface area contributed by atoms with Crippen molar-refractivity contribution in [2.45, 2.75) is 38.5 Å². The SMILES string of the molecule is O=C(CC1=CCCCC1)Cc1ccccn1. The minimum Gasteiger partial charge on any atom is -0.299 e. The first-order valence-corrected chi connectivity index (χ1v) is 5.94. The van der Waals surface area contributed by atoms with E-state index in [-0.39, 0.29) is 5.78 Å². The monoisotopic (exact) mass is 215 g/mol. The van der Waals surface area contributed by atoms with Crippen molar-refractivity contribution in [3.63, 3.8) is 0 Å². The summed E-state index contributed by atoms with van der Waals surface area (Å²) in [7, 11) is 0. The molecule has 0 spiro atoms. The van der Waals surface area contributed by atoms with E-state index in [0.29, 0.717) is 12.8 Å². The van der Waals surface area contributed by atoms with E-state index in [2.05, 4.69) is 11.1 Å². The fourth-order valence-electron chi connectivity index (χ4n) is 2.09. The highest BCUT2D eigenvalue weighted by atomic mass is 16.1. The summed E-state index contributed by atoms with van der Waals surface area (Å²) in [5.41, 5.74) is 2.20. The summed E-state index contributed by atoms with van der Waals surface area (Å²) in [5.74, 6) is 0.284. The summed E-state index contributed by atoms with van der Waals surface area (Å²) >= 11 is 0. The molecule has 1 heterocycles. The smallest absolute Gasteiger partial charge is 0.142 e. The third kappa shape index (κ3) is 3.30. The lowest BCUT2D eigenvalue weighted by atomic mass is 9.94. The molecule has 2 nitrogen and oxygen atoms in total. The highest BCUT2D eigenvalue weighted by Gasteiger charge is 2.10. The summed E-state index contributed by atoms with van der Waals surface area (Å²) in [5, 5.41) is 0.